The Balaban J connectivity index is 1.36. The van der Waals surface area contributed by atoms with E-state index < -0.39 is 17.4 Å². The Morgan fingerprint density at radius 1 is 1.10 bits per heavy atom. The zero-order valence-electron chi connectivity index (χ0n) is 29.4. The number of hydrogen-bond acceptors (Lipinski definition) is 7. The number of unbranched alkanes of at least 4 members (excludes halogenated alkanes) is 1. The highest BCUT2D eigenvalue weighted by molar-refractivity contribution is 5.91. The lowest BCUT2D eigenvalue weighted by atomic mass is 9.77. The zero-order chi connectivity index (χ0) is 34.4. The van der Waals surface area contributed by atoms with Crippen LogP contribution < -0.4 is 15.4 Å². The monoisotopic (exact) mass is 660 g/mol. The number of amides is 1. The van der Waals surface area contributed by atoms with Crippen LogP contribution in [0.5, 0.6) is 5.75 Å². The summed E-state index contributed by atoms with van der Waals surface area (Å²) < 4.78 is 7.68. The molecule has 0 aliphatic carbocycles. The maximum atomic E-state index is 13.9. The Morgan fingerprint density at radius 3 is 2.65 bits per heavy atom. The molecule has 1 aliphatic heterocycles. The molecule has 1 aromatic carbocycles. The van der Waals surface area contributed by atoms with Crippen LogP contribution in [0.3, 0.4) is 0 Å². The zero-order valence-corrected chi connectivity index (χ0v) is 29.4. The molecule has 10 nitrogen and oxygen atoms in total. The fourth-order valence-electron chi connectivity index (χ4n) is 6.28. The second-order valence-corrected chi connectivity index (χ2v) is 13.6. The SMILES string of the molecule is CCC(C)CCCC(C)(C(=O)NC(CCN(CCCCc1ccc2c(n1)NCCC2)CCOc1ccccc1)C(=O)O)c1cnn(C)c1. The summed E-state index contributed by atoms with van der Waals surface area (Å²) in [7, 11) is 1.83. The molecule has 0 saturated heterocycles. The maximum Gasteiger partial charge on any atom is 0.326 e. The Morgan fingerprint density at radius 2 is 1.92 bits per heavy atom. The molecule has 3 heterocycles. The summed E-state index contributed by atoms with van der Waals surface area (Å²) in [6.45, 7) is 9.74. The Hall–Kier alpha value is -3.92. The molecule has 0 fully saturated rings. The van der Waals surface area contributed by atoms with Crippen molar-refractivity contribution < 1.29 is 19.4 Å². The highest BCUT2D eigenvalue weighted by Crippen LogP contribution is 2.31. The highest BCUT2D eigenvalue weighted by Gasteiger charge is 2.38. The lowest BCUT2D eigenvalue weighted by Gasteiger charge is -2.30. The summed E-state index contributed by atoms with van der Waals surface area (Å²) in [6, 6.07) is 13.0. The summed E-state index contributed by atoms with van der Waals surface area (Å²) in [4.78, 5) is 33.5. The van der Waals surface area contributed by atoms with Crippen molar-refractivity contribution in [3.05, 3.63) is 71.7 Å². The second kappa shape index (κ2) is 18.6. The van der Waals surface area contributed by atoms with E-state index in [0.29, 0.717) is 38.5 Å². The van der Waals surface area contributed by atoms with Gasteiger partial charge in [0.05, 0.1) is 11.6 Å². The molecule has 0 bridgehead atoms. The average Bonchev–Trinajstić information content (AvgIpc) is 3.54. The first-order valence-electron chi connectivity index (χ1n) is 17.8. The molecule has 0 spiro atoms. The van der Waals surface area contributed by atoms with Crippen molar-refractivity contribution in [2.24, 2.45) is 13.0 Å². The van der Waals surface area contributed by atoms with Crippen molar-refractivity contribution in [2.45, 2.75) is 96.4 Å². The minimum Gasteiger partial charge on any atom is -0.492 e. The first kappa shape index (κ1) is 36.9. The van der Waals surface area contributed by atoms with Crippen LogP contribution in [0.15, 0.2) is 54.9 Å². The third-order valence-corrected chi connectivity index (χ3v) is 9.78. The van der Waals surface area contributed by atoms with Gasteiger partial charge in [-0.2, -0.15) is 5.10 Å². The van der Waals surface area contributed by atoms with Crippen LogP contribution in [0, 0.1) is 5.92 Å². The standard InChI is InChI=1S/C38H56N6O4/c1-5-29(2)13-11-21-38(3,31-27-40-43(4)28-31)37(47)42-34(36(45)46)20-24-44(25-26-48-33-16-7-6-8-17-33)23-10-9-15-32-19-18-30-14-12-22-39-35(30)41-32/h6-8,16-19,27-29,34H,5,9-15,20-26H2,1-4H3,(H,39,41)(H,42,47)(H,45,46). The number of carbonyl (C=O) groups is 2. The van der Waals surface area contributed by atoms with Crippen LogP contribution in [-0.2, 0) is 34.9 Å². The van der Waals surface area contributed by atoms with Gasteiger partial charge >= 0.3 is 5.97 Å². The minimum absolute atomic E-state index is 0.266. The molecular formula is C38H56N6O4. The van der Waals surface area contributed by atoms with E-state index in [-0.39, 0.29) is 5.91 Å². The van der Waals surface area contributed by atoms with Crippen molar-refractivity contribution in [3.63, 3.8) is 0 Å². The Kier molecular flexibility index (Phi) is 14.3. The quantitative estimate of drug-likeness (QED) is 0.119. The summed E-state index contributed by atoms with van der Waals surface area (Å²) >= 11 is 0. The van der Waals surface area contributed by atoms with Gasteiger partial charge in [-0.1, -0.05) is 57.4 Å². The predicted molar refractivity (Wildman–Crippen MR) is 190 cm³/mol. The van der Waals surface area contributed by atoms with Gasteiger partial charge in [-0.05, 0) is 88.1 Å². The first-order chi connectivity index (χ1) is 23.2. The number of carboxylic acid groups (broad SMARTS) is 1. The molecule has 1 aliphatic rings. The molecule has 3 aromatic rings. The van der Waals surface area contributed by atoms with Crippen molar-refractivity contribution in [3.8, 4) is 5.75 Å². The number of nitrogens with one attached hydrogen (secondary N) is 2. The lowest BCUT2D eigenvalue weighted by Crippen LogP contribution is -2.50. The smallest absolute Gasteiger partial charge is 0.326 e. The number of benzene rings is 1. The summed E-state index contributed by atoms with van der Waals surface area (Å²) in [5.41, 5.74) is 2.32. The Labute approximate surface area is 286 Å². The van der Waals surface area contributed by atoms with Gasteiger partial charge in [0.1, 0.15) is 24.2 Å². The van der Waals surface area contributed by atoms with Crippen LogP contribution in [-0.4, -0.2) is 75.5 Å². The maximum absolute atomic E-state index is 13.9. The molecule has 0 radical (unpaired) electrons. The van der Waals surface area contributed by atoms with Gasteiger partial charge in [0, 0.05) is 44.1 Å². The fourth-order valence-corrected chi connectivity index (χ4v) is 6.28. The number of hydrogen-bond donors (Lipinski definition) is 3. The lowest BCUT2D eigenvalue weighted by molar-refractivity contribution is -0.143. The van der Waals surface area contributed by atoms with Gasteiger partial charge in [0.2, 0.25) is 5.91 Å². The number of nitrogens with zero attached hydrogens (tertiary/aromatic N) is 4. The number of aliphatic carboxylic acids is 1. The molecule has 3 N–H and O–H groups in total. The topological polar surface area (TPSA) is 122 Å². The number of aryl methyl sites for hydroxylation is 3. The molecule has 3 atom stereocenters. The van der Waals surface area contributed by atoms with Gasteiger partial charge < -0.3 is 20.5 Å². The van der Waals surface area contributed by atoms with Crippen LogP contribution in [0.4, 0.5) is 5.82 Å². The van der Waals surface area contributed by atoms with E-state index in [9.17, 15) is 14.7 Å². The van der Waals surface area contributed by atoms with E-state index in [0.717, 1.165) is 87.3 Å². The number of ether oxygens (including phenoxy) is 1. The number of pyridine rings is 1. The number of rotatable bonds is 21. The molecule has 0 saturated carbocycles. The fraction of sp³-hybridized carbons (Fsp3) is 0.579. The van der Waals surface area contributed by atoms with E-state index in [4.69, 9.17) is 9.72 Å². The van der Waals surface area contributed by atoms with Crippen molar-refractivity contribution >= 4 is 17.7 Å². The van der Waals surface area contributed by atoms with E-state index >= 15 is 0 Å². The van der Waals surface area contributed by atoms with E-state index in [1.807, 2.05) is 50.5 Å². The van der Waals surface area contributed by atoms with Crippen molar-refractivity contribution in [1.29, 1.82) is 0 Å². The Bertz CT molecular complexity index is 1430. The summed E-state index contributed by atoms with van der Waals surface area (Å²) in [6.07, 6.45) is 12.5. The largest absolute Gasteiger partial charge is 0.492 e. The van der Waals surface area contributed by atoms with Gasteiger partial charge in [0.15, 0.2) is 0 Å². The molecule has 4 rings (SSSR count). The minimum atomic E-state index is -1.02. The number of carboxylic acids is 1. The third-order valence-electron chi connectivity index (χ3n) is 9.78. The van der Waals surface area contributed by atoms with Gasteiger partial charge in [-0.3, -0.25) is 14.4 Å². The molecule has 2 aromatic heterocycles. The van der Waals surface area contributed by atoms with E-state index in [1.165, 1.54) is 5.56 Å². The normalized spacial score (nSPS) is 15.2. The number of carbonyl (C=O) groups excluding carboxylic acids is 1. The second-order valence-electron chi connectivity index (χ2n) is 13.6. The van der Waals surface area contributed by atoms with Crippen LogP contribution >= 0.6 is 0 Å². The molecular weight excluding hydrogens is 604 g/mol. The third kappa shape index (κ3) is 11.1. The van der Waals surface area contributed by atoms with Crippen LogP contribution in [0.25, 0.3) is 0 Å². The summed E-state index contributed by atoms with van der Waals surface area (Å²) in [5.74, 6) is 1.11. The van der Waals surface area contributed by atoms with Gasteiger partial charge in [0.25, 0.3) is 0 Å². The highest BCUT2D eigenvalue weighted by atomic mass is 16.5. The number of fused-ring (bicyclic) bond motifs is 1. The number of anilines is 1. The molecule has 10 heteroatoms. The van der Waals surface area contributed by atoms with Crippen molar-refractivity contribution in [1.82, 2.24) is 25.0 Å². The molecule has 262 valence electrons. The number of aromatic nitrogens is 3. The van der Waals surface area contributed by atoms with Crippen molar-refractivity contribution in [2.75, 3.05) is 38.1 Å². The predicted octanol–water partition coefficient (Wildman–Crippen LogP) is 6.01. The average molecular weight is 661 g/mol. The van der Waals surface area contributed by atoms with Crippen LogP contribution in [0.2, 0.25) is 0 Å². The number of para-hydroxylation sites is 1. The van der Waals surface area contributed by atoms with E-state index in [1.54, 1.807) is 10.9 Å². The van der Waals surface area contributed by atoms with Gasteiger partial charge in [-0.25, -0.2) is 9.78 Å². The first-order valence-corrected chi connectivity index (χ1v) is 17.8. The molecule has 48 heavy (non-hydrogen) atoms. The molecule has 1 amide bonds. The van der Waals surface area contributed by atoms with E-state index in [2.05, 4.69) is 46.6 Å². The molecule has 3 unspecified atom stereocenters. The summed E-state index contributed by atoms with van der Waals surface area (Å²) in [5, 5.41) is 20.9. The van der Waals surface area contributed by atoms with Gasteiger partial charge in [-0.15, -0.1) is 0 Å². The van der Waals surface area contributed by atoms with Crippen LogP contribution in [0.1, 0.15) is 89.0 Å².